The van der Waals surface area contributed by atoms with Gasteiger partial charge in [0.1, 0.15) is 30.0 Å². The Balaban J connectivity index is 3.32. The van der Waals surface area contributed by atoms with Crippen LogP contribution in [-0.4, -0.2) is 66.2 Å². The van der Waals surface area contributed by atoms with E-state index in [1.54, 1.807) is 33.8 Å². The second kappa shape index (κ2) is 12.2. The van der Waals surface area contributed by atoms with E-state index in [-0.39, 0.29) is 18.2 Å². The lowest BCUT2D eigenvalue weighted by atomic mass is 9.95. The molecule has 0 saturated carbocycles. The lowest BCUT2D eigenvalue weighted by molar-refractivity contribution is -0.144. The third kappa shape index (κ3) is 8.24. The molecule has 0 bridgehead atoms. The number of aromatic hydroxyl groups is 1. The zero-order chi connectivity index (χ0) is 26.2. The van der Waals surface area contributed by atoms with Crippen LogP contribution in [0.2, 0.25) is 0 Å². The highest BCUT2D eigenvalue weighted by Gasteiger charge is 2.36. The minimum Gasteiger partial charge on any atom is -0.508 e. The topological polar surface area (TPSA) is 134 Å². The quantitative estimate of drug-likeness (QED) is 0.463. The summed E-state index contributed by atoms with van der Waals surface area (Å²) in [7, 11) is 2.64. The van der Waals surface area contributed by atoms with Crippen molar-refractivity contribution in [3.63, 3.8) is 0 Å². The van der Waals surface area contributed by atoms with E-state index in [9.17, 15) is 24.3 Å². The van der Waals surface area contributed by atoms with Gasteiger partial charge in [-0.25, -0.2) is 4.79 Å². The van der Waals surface area contributed by atoms with Crippen LogP contribution in [0, 0.1) is 12.8 Å². The van der Waals surface area contributed by atoms with Crippen molar-refractivity contribution in [1.29, 1.82) is 0 Å². The first kappa shape index (κ1) is 28.7. The second-order valence-corrected chi connectivity index (χ2v) is 9.20. The monoisotopic (exact) mass is 479 g/mol. The fraction of sp³-hybridized carbons (Fsp3) is 0.583. The van der Waals surface area contributed by atoms with Gasteiger partial charge in [-0.05, 0) is 56.9 Å². The number of phenols is 1. The number of carbonyl (C=O) groups is 4. The van der Waals surface area contributed by atoms with Gasteiger partial charge in [0.2, 0.25) is 11.8 Å². The molecular formula is C24H37N3O7. The number of rotatable bonds is 9. The Labute approximate surface area is 201 Å². The molecule has 10 heteroatoms. The number of ether oxygens (including phenoxy) is 2. The maximum Gasteiger partial charge on any atom is 0.408 e. The smallest absolute Gasteiger partial charge is 0.408 e. The number of benzene rings is 1. The van der Waals surface area contributed by atoms with Crippen LogP contribution >= 0.6 is 0 Å². The van der Waals surface area contributed by atoms with E-state index in [1.807, 2.05) is 13.8 Å². The van der Waals surface area contributed by atoms with Gasteiger partial charge in [0.05, 0.1) is 7.11 Å². The Bertz CT molecular complexity index is 895. The third-order valence-electron chi connectivity index (χ3n) is 5.31. The van der Waals surface area contributed by atoms with Crippen LogP contribution in [-0.2, 0) is 23.9 Å². The van der Waals surface area contributed by atoms with E-state index in [2.05, 4.69) is 15.4 Å². The molecule has 3 atom stereocenters. The summed E-state index contributed by atoms with van der Waals surface area (Å²) in [5.74, 6) is -2.00. The predicted molar refractivity (Wildman–Crippen MR) is 126 cm³/mol. The summed E-state index contributed by atoms with van der Waals surface area (Å²) in [6.07, 6.45) is -0.163. The van der Waals surface area contributed by atoms with Crippen molar-refractivity contribution >= 4 is 23.9 Å². The van der Waals surface area contributed by atoms with E-state index < -0.39 is 41.6 Å². The molecule has 3 N–H and O–H groups in total. The number of likely N-dealkylation sites (N-methyl/N-ethyl adjacent to an activating group) is 1. The second-order valence-electron chi connectivity index (χ2n) is 9.20. The van der Waals surface area contributed by atoms with Crippen molar-refractivity contribution in [3.05, 3.63) is 29.3 Å². The summed E-state index contributed by atoms with van der Waals surface area (Å²) in [6, 6.07) is 2.44. The lowest BCUT2D eigenvalue weighted by Gasteiger charge is -2.33. The first-order valence-electron chi connectivity index (χ1n) is 11.1. The zero-order valence-corrected chi connectivity index (χ0v) is 21.2. The van der Waals surface area contributed by atoms with E-state index in [0.717, 1.165) is 0 Å². The minimum atomic E-state index is -1.14. The Kier molecular flexibility index (Phi) is 10.3. The van der Waals surface area contributed by atoms with Crippen molar-refractivity contribution in [1.82, 2.24) is 15.5 Å². The number of nitrogens with zero attached hydrogens (tertiary/aromatic N) is 1. The number of phenolic OH excluding ortho intramolecular Hbond substituents is 1. The van der Waals surface area contributed by atoms with Crippen molar-refractivity contribution in [2.75, 3.05) is 20.7 Å². The fourth-order valence-electron chi connectivity index (χ4n) is 3.19. The summed E-state index contributed by atoms with van der Waals surface area (Å²) in [6.45, 7) is 10.1. The Hall–Kier alpha value is -3.30. The van der Waals surface area contributed by atoms with Crippen LogP contribution in [0.5, 0.6) is 5.75 Å². The first-order valence-corrected chi connectivity index (χ1v) is 11.1. The van der Waals surface area contributed by atoms with Gasteiger partial charge in [0, 0.05) is 7.05 Å². The number of nitrogens with one attached hydrogen (secondary N) is 2. The highest BCUT2D eigenvalue weighted by atomic mass is 16.6. The Morgan fingerprint density at radius 2 is 1.79 bits per heavy atom. The summed E-state index contributed by atoms with van der Waals surface area (Å²) in [5, 5.41) is 15.0. The van der Waals surface area contributed by atoms with Gasteiger partial charge in [-0.3, -0.25) is 14.4 Å². The molecule has 34 heavy (non-hydrogen) atoms. The van der Waals surface area contributed by atoms with Crippen molar-refractivity contribution in [2.24, 2.45) is 5.92 Å². The fourth-order valence-corrected chi connectivity index (χ4v) is 3.19. The largest absolute Gasteiger partial charge is 0.508 e. The predicted octanol–water partition coefficient (Wildman–Crippen LogP) is 2.43. The van der Waals surface area contributed by atoms with Gasteiger partial charge in [-0.15, -0.1) is 0 Å². The van der Waals surface area contributed by atoms with Crippen LogP contribution in [0.1, 0.15) is 58.2 Å². The van der Waals surface area contributed by atoms with E-state index in [1.165, 1.54) is 31.2 Å². The molecule has 0 saturated heterocycles. The van der Waals surface area contributed by atoms with Crippen LogP contribution in [0.15, 0.2) is 18.2 Å². The number of hydrogen-bond donors (Lipinski definition) is 3. The van der Waals surface area contributed by atoms with Gasteiger partial charge in [0.15, 0.2) is 0 Å². The van der Waals surface area contributed by atoms with Crippen LogP contribution in [0.25, 0.3) is 0 Å². The summed E-state index contributed by atoms with van der Waals surface area (Å²) >= 11 is 0. The van der Waals surface area contributed by atoms with Crippen molar-refractivity contribution < 1.29 is 33.8 Å². The Morgan fingerprint density at radius 3 is 2.29 bits per heavy atom. The molecule has 0 aliphatic rings. The van der Waals surface area contributed by atoms with Crippen molar-refractivity contribution in [3.8, 4) is 5.75 Å². The summed E-state index contributed by atoms with van der Waals surface area (Å²) in [4.78, 5) is 51.8. The summed E-state index contributed by atoms with van der Waals surface area (Å²) in [5.41, 5.74) is 0.182. The number of alkyl carbamates (subject to hydrolysis) is 1. The minimum absolute atomic E-state index is 0.0375. The highest BCUT2D eigenvalue weighted by Crippen LogP contribution is 2.27. The number of hydrogen-bond acceptors (Lipinski definition) is 7. The number of methoxy groups -OCH3 is 1. The number of aryl methyl sites for hydroxylation is 1. The number of amides is 3. The highest BCUT2D eigenvalue weighted by molar-refractivity contribution is 5.93. The van der Waals surface area contributed by atoms with Gasteiger partial charge in [-0.1, -0.05) is 26.3 Å². The van der Waals surface area contributed by atoms with Gasteiger partial charge >= 0.3 is 12.1 Å². The maximum absolute atomic E-state index is 13.5. The zero-order valence-electron chi connectivity index (χ0n) is 21.2. The molecule has 0 heterocycles. The van der Waals surface area contributed by atoms with E-state index >= 15 is 0 Å². The SMILES string of the molecule is CCC(C)C(NC(=O)OC(C)(C)C)C(=O)N(C)C(C(=O)NCC(=O)OC)c1ccc(O)c(C)c1. The van der Waals surface area contributed by atoms with E-state index in [4.69, 9.17) is 4.74 Å². The molecule has 0 fully saturated rings. The number of esters is 1. The molecule has 1 aromatic rings. The van der Waals surface area contributed by atoms with Crippen LogP contribution < -0.4 is 10.6 Å². The molecule has 0 aliphatic heterocycles. The average molecular weight is 480 g/mol. The van der Waals surface area contributed by atoms with Gasteiger partial charge < -0.3 is 30.1 Å². The summed E-state index contributed by atoms with van der Waals surface area (Å²) < 4.78 is 9.88. The first-order chi connectivity index (χ1) is 15.7. The molecule has 0 aromatic heterocycles. The molecule has 190 valence electrons. The number of carbonyl (C=O) groups excluding carboxylic acids is 4. The maximum atomic E-state index is 13.5. The third-order valence-corrected chi connectivity index (χ3v) is 5.31. The van der Waals surface area contributed by atoms with Crippen LogP contribution in [0.3, 0.4) is 0 Å². The Morgan fingerprint density at radius 1 is 1.18 bits per heavy atom. The molecule has 1 aromatic carbocycles. The molecule has 3 amide bonds. The van der Waals surface area contributed by atoms with Crippen molar-refractivity contribution in [2.45, 2.75) is 65.6 Å². The molecule has 10 nitrogen and oxygen atoms in total. The molecule has 0 radical (unpaired) electrons. The average Bonchev–Trinajstić information content (AvgIpc) is 2.75. The molecular weight excluding hydrogens is 442 g/mol. The molecule has 3 unspecified atom stereocenters. The normalized spacial score (nSPS) is 13.8. The molecule has 1 rings (SSSR count). The van der Waals surface area contributed by atoms with Gasteiger partial charge in [0.25, 0.3) is 0 Å². The standard InChI is InChI=1S/C24H37N3O7/c1-9-14(2)19(26-23(32)34-24(4,5)6)22(31)27(7)20(21(30)25-13-18(29)33-8)16-10-11-17(28)15(3)12-16/h10-12,14,19-20,28H,9,13H2,1-8H3,(H,25,30)(H,26,32). The molecule has 0 aliphatic carbocycles. The van der Waals surface area contributed by atoms with Crippen LogP contribution in [0.4, 0.5) is 4.79 Å². The van der Waals surface area contributed by atoms with E-state index in [0.29, 0.717) is 17.5 Å². The molecule has 0 spiro atoms. The van der Waals surface area contributed by atoms with Gasteiger partial charge in [-0.2, -0.15) is 0 Å². The lowest BCUT2D eigenvalue weighted by Crippen LogP contribution is -2.54.